The molecule has 0 aliphatic carbocycles. The fraction of sp³-hybridized carbons (Fsp3) is 0.533. The number of benzene rings is 1. The van der Waals surface area contributed by atoms with Gasteiger partial charge in [-0.3, -0.25) is 0 Å². The lowest BCUT2D eigenvalue weighted by molar-refractivity contribution is 0.204. The van der Waals surface area contributed by atoms with Gasteiger partial charge >= 0.3 is 0 Å². The van der Waals surface area contributed by atoms with Gasteiger partial charge in [-0.25, -0.2) is 0 Å². The fourth-order valence-electron chi connectivity index (χ4n) is 1.99. The molecule has 0 aromatic heterocycles. The van der Waals surface area contributed by atoms with Gasteiger partial charge in [-0.1, -0.05) is 13.0 Å². The molecular formula is C15H22N2OS. The van der Waals surface area contributed by atoms with Crippen LogP contribution in [0.25, 0.3) is 0 Å². The lowest BCUT2D eigenvalue weighted by atomic mass is 10.1. The third kappa shape index (κ3) is 4.15. The van der Waals surface area contributed by atoms with Crippen LogP contribution in [0.3, 0.4) is 0 Å². The van der Waals surface area contributed by atoms with E-state index in [1.54, 1.807) is 18.9 Å². The van der Waals surface area contributed by atoms with Crippen LogP contribution in [0, 0.1) is 11.3 Å². The lowest BCUT2D eigenvalue weighted by Gasteiger charge is -2.30. The zero-order valence-corrected chi connectivity index (χ0v) is 13.0. The highest BCUT2D eigenvalue weighted by molar-refractivity contribution is 7.99. The first-order valence-electron chi connectivity index (χ1n) is 6.57. The fourth-order valence-corrected chi connectivity index (χ4v) is 2.77. The first kappa shape index (κ1) is 15.9. The second-order valence-corrected chi connectivity index (χ2v) is 5.78. The largest absolute Gasteiger partial charge is 0.383 e. The molecule has 0 aliphatic heterocycles. The average Bonchev–Trinajstić information content (AvgIpc) is 2.39. The molecule has 0 unspecified atom stereocenters. The zero-order chi connectivity index (χ0) is 14.3. The van der Waals surface area contributed by atoms with Gasteiger partial charge in [0, 0.05) is 24.6 Å². The van der Waals surface area contributed by atoms with Gasteiger partial charge in [-0.05, 0) is 31.7 Å². The number of nitriles is 1. The molecule has 0 atom stereocenters. The van der Waals surface area contributed by atoms with Gasteiger partial charge in [-0.15, -0.1) is 11.8 Å². The third-order valence-corrected chi connectivity index (χ3v) is 3.82. The SMILES string of the molecule is CCSc1cccc(N(CCOC)C(C)C)c1C#N. The monoisotopic (exact) mass is 278 g/mol. The summed E-state index contributed by atoms with van der Waals surface area (Å²) in [7, 11) is 1.70. The summed E-state index contributed by atoms with van der Waals surface area (Å²) in [5, 5.41) is 9.46. The first-order valence-corrected chi connectivity index (χ1v) is 7.55. The van der Waals surface area contributed by atoms with Crippen LogP contribution < -0.4 is 4.90 Å². The summed E-state index contributed by atoms with van der Waals surface area (Å²) in [6.07, 6.45) is 0. The van der Waals surface area contributed by atoms with Crippen molar-refractivity contribution in [2.24, 2.45) is 0 Å². The quantitative estimate of drug-likeness (QED) is 0.715. The summed E-state index contributed by atoms with van der Waals surface area (Å²) in [6, 6.07) is 8.76. The van der Waals surface area contributed by atoms with Crippen molar-refractivity contribution in [2.75, 3.05) is 30.9 Å². The summed E-state index contributed by atoms with van der Waals surface area (Å²) in [4.78, 5) is 3.28. The molecule has 0 radical (unpaired) electrons. The Morgan fingerprint density at radius 3 is 2.68 bits per heavy atom. The van der Waals surface area contributed by atoms with E-state index in [1.807, 2.05) is 18.2 Å². The van der Waals surface area contributed by atoms with Gasteiger partial charge in [0.25, 0.3) is 0 Å². The third-order valence-electron chi connectivity index (χ3n) is 2.88. The minimum absolute atomic E-state index is 0.337. The molecule has 0 saturated heterocycles. The van der Waals surface area contributed by atoms with Crippen molar-refractivity contribution in [3.8, 4) is 6.07 Å². The number of thioether (sulfide) groups is 1. The maximum Gasteiger partial charge on any atom is 0.103 e. The first-order chi connectivity index (χ1) is 9.15. The molecule has 3 nitrogen and oxygen atoms in total. The number of hydrogen-bond donors (Lipinski definition) is 0. The number of rotatable bonds is 7. The normalized spacial score (nSPS) is 10.5. The molecule has 4 heteroatoms. The predicted octanol–water partition coefficient (Wildman–Crippen LogP) is 3.53. The Morgan fingerprint density at radius 2 is 2.16 bits per heavy atom. The van der Waals surface area contributed by atoms with Crippen LogP contribution in [0.5, 0.6) is 0 Å². The Kier molecular flexibility index (Phi) is 6.75. The molecular weight excluding hydrogens is 256 g/mol. The number of anilines is 1. The van der Waals surface area contributed by atoms with E-state index in [4.69, 9.17) is 4.74 Å². The van der Waals surface area contributed by atoms with Crippen LogP contribution in [0.15, 0.2) is 23.1 Å². The second kappa shape index (κ2) is 8.08. The van der Waals surface area contributed by atoms with Crippen LogP contribution in [0.2, 0.25) is 0 Å². The highest BCUT2D eigenvalue weighted by atomic mass is 32.2. The molecule has 1 aromatic rings. The number of ether oxygens (including phenoxy) is 1. The molecule has 0 bridgehead atoms. The topological polar surface area (TPSA) is 36.3 Å². The van der Waals surface area contributed by atoms with E-state index in [9.17, 15) is 5.26 Å². The molecule has 1 aromatic carbocycles. The summed E-state index contributed by atoms with van der Waals surface area (Å²) in [6.45, 7) is 7.83. The van der Waals surface area contributed by atoms with Crippen LogP contribution in [-0.4, -0.2) is 32.1 Å². The molecule has 0 N–H and O–H groups in total. The predicted molar refractivity (Wildman–Crippen MR) is 81.9 cm³/mol. The van der Waals surface area contributed by atoms with Crippen LogP contribution >= 0.6 is 11.8 Å². The smallest absolute Gasteiger partial charge is 0.103 e. The molecule has 0 saturated carbocycles. The van der Waals surface area contributed by atoms with E-state index >= 15 is 0 Å². The number of nitrogens with zero attached hydrogens (tertiary/aromatic N) is 2. The van der Waals surface area contributed by atoms with Crippen molar-refractivity contribution in [3.05, 3.63) is 23.8 Å². The zero-order valence-electron chi connectivity index (χ0n) is 12.1. The van der Waals surface area contributed by atoms with Crippen molar-refractivity contribution in [2.45, 2.75) is 31.7 Å². The lowest BCUT2D eigenvalue weighted by Crippen LogP contribution is -2.34. The van der Waals surface area contributed by atoms with Crippen LogP contribution in [-0.2, 0) is 4.74 Å². The minimum Gasteiger partial charge on any atom is -0.383 e. The van der Waals surface area contributed by atoms with E-state index in [1.165, 1.54) is 0 Å². The van der Waals surface area contributed by atoms with E-state index in [2.05, 4.69) is 31.7 Å². The summed E-state index contributed by atoms with van der Waals surface area (Å²) >= 11 is 1.71. The molecule has 19 heavy (non-hydrogen) atoms. The number of methoxy groups -OCH3 is 1. The Balaban J connectivity index is 3.15. The van der Waals surface area contributed by atoms with Crippen molar-refractivity contribution < 1.29 is 4.74 Å². The Hall–Kier alpha value is -1.18. The summed E-state index contributed by atoms with van der Waals surface area (Å²) in [5.41, 5.74) is 1.78. The van der Waals surface area contributed by atoms with Gasteiger partial charge < -0.3 is 9.64 Å². The highest BCUT2D eigenvalue weighted by Gasteiger charge is 2.16. The molecule has 0 fully saturated rings. The van der Waals surface area contributed by atoms with Gasteiger partial charge in [0.1, 0.15) is 6.07 Å². The van der Waals surface area contributed by atoms with Crippen molar-refractivity contribution in [3.63, 3.8) is 0 Å². The van der Waals surface area contributed by atoms with Crippen molar-refractivity contribution >= 4 is 17.4 Å². The van der Waals surface area contributed by atoms with E-state index in [0.29, 0.717) is 12.6 Å². The molecule has 0 aliphatic rings. The Morgan fingerprint density at radius 1 is 1.42 bits per heavy atom. The summed E-state index contributed by atoms with van der Waals surface area (Å²) < 4.78 is 5.17. The standard InChI is InChI=1S/C15H22N2OS/c1-5-19-15-8-6-7-14(13(15)11-16)17(12(2)3)9-10-18-4/h6-8,12H,5,9-10H2,1-4H3. The molecule has 0 amide bonds. The van der Waals surface area contributed by atoms with Crippen molar-refractivity contribution in [1.29, 1.82) is 5.26 Å². The summed E-state index contributed by atoms with van der Waals surface area (Å²) in [5.74, 6) is 0.970. The molecule has 0 spiro atoms. The van der Waals surface area contributed by atoms with Crippen LogP contribution in [0.1, 0.15) is 26.3 Å². The second-order valence-electron chi connectivity index (χ2n) is 4.48. The van der Waals surface area contributed by atoms with Crippen molar-refractivity contribution in [1.82, 2.24) is 0 Å². The van der Waals surface area contributed by atoms with Gasteiger partial charge in [0.2, 0.25) is 0 Å². The Bertz CT molecular complexity index is 440. The molecule has 104 valence electrons. The van der Waals surface area contributed by atoms with E-state index < -0.39 is 0 Å². The maximum atomic E-state index is 9.46. The van der Waals surface area contributed by atoms with Crippen LogP contribution in [0.4, 0.5) is 5.69 Å². The maximum absolute atomic E-state index is 9.46. The highest BCUT2D eigenvalue weighted by Crippen LogP contribution is 2.31. The van der Waals surface area contributed by atoms with E-state index in [-0.39, 0.29) is 0 Å². The minimum atomic E-state index is 0.337. The van der Waals surface area contributed by atoms with Gasteiger partial charge in [-0.2, -0.15) is 5.26 Å². The Labute approximate surface area is 120 Å². The van der Waals surface area contributed by atoms with Gasteiger partial charge in [0.15, 0.2) is 0 Å². The van der Waals surface area contributed by atoms with E-state index in [0.717, 1.165) is 28.4 Å². The average molecular weight is 278 g/mol. The van der Waals surface area contributed by atoms with Gasteiger partial charge in [0.05, 0.1) is 17.9 Å². The molecule has 0 heterocycles. The molecule has 1 rings (SSSR count). The number of hydrogen-bond acceptors (Lipinski definition) is 4.